The predicted molar refractivity (Wildman–Crippen MR) is 166 cm³/mol. The topological polar surface area (TPSA) is 63.6 Å². The molecule has 1 unspecified atom stereocenters. The van der Waals surface area contributed by atoms with Crippen molar-refractivity contribution in [2.24, 2.45) is 5.92 Å². The summed E-state index contributed by atoms with van der Waals surface area (Å²) in [6, 6.07) is 0. The Bertz CT molecular complexity index is 549. The van der Waals surface area contributed by atoms with Crippen molar-refractivity contribution in [1.29, 1.82) is 0 Å². The van der Waals surface area contributed by atoms with Crippen LogP contribution in [0.25, 0.3) is 0 Å². The van der Waals surface area contributed by atoms with Gasteiger partial charge in [0.2, 0.25) is 0 Å². The second kappa shape index (κ2) is 29.8. The zero-order valence-corrected chi connectivity index (χ0v) is 26.7. The Kier molecular flexibility index (Phi) is 29.7. The molecule has 0 heterocycles. The Balaban J connectivity index is 3.62. The molecule has 1 N–H and O–H groups in total. The van der Waals surface area contributed by atoms with E-state index in [1.165, 1.54) is 161 Å². The number of rotatable bonds is 32. The van der Waals surface area contributed by atoms with Crippen molar-refractivity contribution in [1.82, 2.24) is 0 Å². The van der Waals surface area contributed by atoms with Crippen LogP contribution >= 0.6 is 0 Å². The van der Waals surface area contributed by atoms with E-state index in [0.717, 1.165) is 25.7 Å². The van der Waals surface area contributed by atoms with E-state index >= 15 is 0 Å². The monoisotopic (exact) mass is 560 g/mol. The summed E-state index contributed by atoms with van der Waals surface area (Å²) in [4.78, 5) is 0. The fourth-order valence-electron chi connectivity index (χ4n) is 5.57. The lowest BCUT2D eigenvalue weighted by Gasteiger charge is -2.16. The van der Waals surface area contributed by atoms with Crippen LogP contribution in [0.1, 0.15) is 200 Å². The molecule has 38 heavy (non-hydrogen) atoms. The van der Waals surface area contributed by atoms with Gasteiger partial charge < -0.3 is 0 Å². The summed E-state index contributed by atoms with van der Waals surface area (Å²) in [5.41, 5.74) is 0. The molecule has 230 valence electrons. The molecule has 0 amide bonds. The van der Waals surface area contributed by atoms with Crippen LogP contribution in [0.2, 0.25) is 0 Å². The average Bonchev–Trinajstić information content (AvgIpc) is 2.89. The van der Waals surface area contributed by atoms with E-state index in [2.05, 4.69) is 13.8 Å². The molecule has 0 aromatic rings. The lowest BCUT2D eigenvalue weighted by molar-refractivity contribution is 0.204. The molecule has 0 radical (unpaired) electrons. The Labute approximate surface area is 239 Å². The van der Waals surface area contributed by atoms with Gasteiger partial charge in [-0.15, -0.1) is 0 Å². The Morgan fingerprint density at radius 2 is 0.684 bits per heavy atom. The first-order valence-electron chi connectivity index (χ1n) is 17.1. The summed E-state index contributed by atoms with van der Waals surface area (Å²) in [6.45, 7) is 4.67. The van der Waals surface area contributed by atoms with E-state index in [9.17, 15) is 8.42 Å². The molecule has 0 saturated heterocycles. The Morgan fingerprint density at radius 3 is 0.921 bits per heavy atom. The minimum absolute atomic E-state index is 0.134. The molecule has 0 fully saturated rings. The largest absolute Gasteiger partial charge is 0.397 e. The number of unbranched alkanes of at least 4 members (excludes halogenated alkanes) is 25. The second-order valence-corrected chi connectivity index (χ2v) is 13.1. The Hall–Kier alpha value is -0.130. The van der Waals surface area contributed by atoms with Gasteiger partial charge in [0.15, 0.2) is 0 Å². The smallest absolute Gasteiger partial charge is 0.264 e. The van der Waals surface area contributed by atoms with Crippen LogP contribution in [0.15, 0.2) is 0 Å². The van der Waals surface area contributed by atoms with Gasteiger partial charge >= 0.3 is 10.4 Å². The summed E-state index contributed by atoms with van der Waals surface area (Å²) in [5, 5.41) is 0. The van der Waals surface area contributed by atoms with Gasteiger partial charge in [0.1, 0.15) is 0 Å². The van der Waals surface area contributed by atoms with Gasteiger partial charge in [0.05, 0.1) is 6.61 Å². The van der Waals surface area contributed by atoms with Gasteiger partial charge in [-0.1, -0.05) is 187 Å². The van der Waals surface area contributed by atoms with Crippen molar-refractivity contribution >= 4 is 10.4 Å². The standard InChI is InChI=1S/C33H68O4S/c1-3-5-7-9-11-13-14-15-16-17-18-19-20-21-23-25-27-29-31-33(32-37-38(34,35)36)30-28-26-24-22-12-10-8-6-4-2/h33H,3-32H2,1-2H3,(H,34,35,36). The summed E-state index contributed by atoms with van der Waals surface area (Å²) >= 11 is 0. The first-order valence-corrected chi connectivity index (χ1v) is 18.5. The van der Waals surface area contributed by atoms with Crippen molar-refractivity contribution in [2.45, 2.75) is 200 Å². The quantitative estimate of drug-likeness (QED) is 0.0656. The molecular weight excluding hydrogens is 492 g/mol. The van der Waals surface area contributed by atoms with Crippen molar-refractivity contribution in [2.75, 3.05) is 6.61 Å². The van der Waals surface area contributed by atoms with E-state index in [1.54, 1.807) is 0 Å². The van der Waals surface area contributed by atoms with Gasteiger partial charge in [-0.2, -0.15) is 8.42 Å². The highest BCUT2D eigenvalue weighted by atomic mass is 32.3. The minimum atomic E-state index is -4.33. The van der Waals surface area contributed by atoms with Crippen LogP contribution in [-0.2, 0) is 14.6 Å². The maximum atomic E-state index is 11.0. The van der Waals surface area contributed by atoms with Gasteiger partial charge in [0, 0.05) is 0 Å². The van der Waals surface area contributed by atoms with E-state index in [1.807, 2.05) is 0 Å². The van der Waals surface area contributed by atoms with E-state index in [-0.39, 0.29) is 12.5 Å². The van der Waals surface area contributed by atoms with E-state index in [0.29, 0.717) is 0 Å². The van der Waals surface area contributed by atoms with Crippen molar-refractivity contribution < 1.29 is 17.2 Å². The summed E-state index contributed by atoms with van der Waals surface area (Å²) < 4.78 is 35.8. The van der Waals surface area contributed by atoms with Crippen LogP contribution in [0.5, 0.6) is 0 Å². The summed E-state index contributed by atoms with van der Waals surface area (Å²) in [6.07, 6.45) is 38.4. The third kappa shape index (κ3) is 32.1. The van der Waals surface area contributed by atoms with Crippen LogP contribution in [0, 0.1) is 5.92 Å². The highest BCUT2D eigenvalue weighted by Crippen LogP contribution is 2.21. The van der Waals surface area contributed by atoms with E-state index in [4.69, 9.17) is 8.74 Å². The van der Waals surface area contributed by atoms with Crippen LogP contribution in [0.4, 0.5) is 0 Å². The van der Waals surface area contributed by atoms with E-state index < -0.39 is 10.4 Å². The molecule has 0 aromatic heterocycles. The van der Waals surface area contributed by atoms with Crippen LogP contribution < -0.4 is 0 Å². The summed E-state index contributed by atoms with van der Waals surface area (Å²) in [7, 11) is -4.33. The molecule has 0 aromatic carbocycles. The molecule has 0 bridgehead atoms. The van der Waals surface area contributed by atoms with Gasteiger partial charge in [-0.25, -0.2) is 4.18 Å². The first kappa shape index (κ1) is 37.9. The maximum absolute atomic E-state index is 11.0. The molecule has 1 atom stereocenters. The molecule has 5 heteroatoms. The number of hydrogen-bond acceptors (Lipinski definition) is 3. The van der Waals surface area contributed by atoms with Crippen molar-refractivity contribution in [3.05, 3.63) is 0 Å². The minimum Gasteiger partial charge on any atom is -0.264 e. The second-order valence-electron chi connectivity index (χ2n) is 12.0. The zero-order valence-electron chi connectivity index (χ0n) is 25.9. The van der Waals surface area contributed by atoms with Crippen LogP contribution in [-0.4, -0.2) is 19.6 Å². The summed E-state index contributed by atoms with van der Waals surface area (Å²) in [5.74, 6) is 0.238. The van der Waals surface area contributed by atoms with Gasteiger partial charge in [-0.3, -0.25) is 4.55 Å². The lowest BCUT2D eigenvalue weighted by Crippen LogP contribution is -2.14. The third-order valence-corrected chi connectivity index (χ3v) is 8.57. The van der Waals surface area contributed by atoms with Crippen molar-refractivity contribution in [3.63, 3.8) is 0 Å². The van der Waals surface area contributed by atoms with Gasteiger partial charge in [0.25, 0.3) is 0 Å². The molecular formula is C33H68O4S. The normalized spacial score (nSPS) is 12.8. The number of hydrogen-bond donors (Lipinski definition) is 1. The SMILES string of the molecule is CCCCCCCCCCCCCCCCCCCCC(CCCCCCCCCCC)COS(=O)(=O)O. The predicted octanol–water partition coefficient (Wildman–Crippen LogP) is 11.8. The molecule has 0 aliphatic carbocycles. The van der Waals surface area contributed by atoms with Gasteiger partial charge in [-0.05, 0) is 18.8 Å². The first-order chi connectivity index (χ1) is 18.5. The molecule has 0 rings (SSSR count). The average molecular weight is 561 g/mol. The zero-order chi connectivity index (χ0) is 28.0. The van der Waals surface area contributed by atoms with Crippen LogP contribution in [0.3, 0.4) is 0 Å². The molecule has 4 nitrogen and oxygen atoms in total. The maximum Gasteiger partial charge on any atom is 0.397 e. The lowest BCUT2D eigenvalue weighted by atomic mass is 9.94. The molecule has 0 aliphatic rings. The fourth-order valence-corrected chi connectivity index (χ4v) is 5.94. The van der Waals surface area contributed by atoms with Crippen molar-refractivity contribution in [3.8, 4) is 0 Å². The highest BCUT2D eigenvalue weighted by molar-refractivity contribution is 7.80. The molecule has 0 aliphatic heterocycles. The fraction of sp³-hybridized carbons (Fsp3) is 1.00. The molecule has 0 spiro atoms. The third-order valence-electron chi connectivity index (χ3n) is 8.13. The Morgan fingerprint density at radius 1 is 0.447 bits per heavy atom. The highest BCUT2D eigenvalue weighted by Gasteiger charge is 2.13. The molecule has 0 saturated carbocycles.